The molecule has 0 fully saturated rings. The van der Waals surface area contributed by atoms with E-state index in [4.69, 9.17) is 0 Å². The van der Waals surface area contributed by atoms with Crippen LogP contribution in [0.4, 0.5) is 0 Å². The summed E-state index contributed by atoms with van der Waals surface area (Å²) in [6.45, 7) is 5.20. The van der Waals surface area contributed by atoms with Gasteiger partial charge in [0.15, 0.2) is 0 Å². The fraction of sp³-hybridized carbons (Fsp3) is 0.455. The average molecular weight is 179 g/mol. The molecule has 2 N–H and O–H groups in total. The lowest BCUT2D eigenvalue weighted by Crippen LogP contribution is -2.30. The molecule has 1 aromatic rings. The molecule has 0 saturated heterocycles. The third-order valence-corrected chi connectivity index (χ3v) is 2.25. The van der Waals surface area contributed by atoms with Gasteiger partial charge in [0.1, 0.15) is 5.75 Å². The molecule has 0 spiro atoms. The van der Waals surface area contributed by atoms with Crippen LogP contribution in [-0.4, -0.2) is 18.7 Å². The second kappa shape index (κ2) is 3.79. The van der Waals surface area contributed by atoms with Crippen molar-refractivity contribution in [2.24, 2.45) is 0 Å². The predicted molar refractivity (Wildman–Crippen MR) is 55.1 cm³/mol. The Morgan fingerprint density at radius 1 is 1.38 bits per heavy atom. The summed E-state index contributed by atoms with van der Waals surface area (Å²) in [6.07, 6.45) is 0. The van der Waals surface area contributed by atoms with Gasteiger partial charge in [-0.1, -0.05) is 26.0 Å². The van der Waals surface area contributed by atoms with Crippen LogP contribution in [0.2, 0.25) is 0 Å². The summed E-state index contributed by atoms with van der Waals surface area (Å²) in [5.41, 5.74) is 1.22. The molecular weight excluding hydrogens is 162 g/mol. The molecule has 1 aromatic carbocycles. The second-order valence-corrected chi connectivity index (χ2v) is 3.96. The molecule has 0 amide bonds. The first-order valence-corrected chi connectivity index (χ1v) is 4.50. The number of rotatable bonds is 3. The Labute approximate surface area is 79.6 Å². The number of phenols is 1. The van der Waals surface area contributed by atoms with Crippen LogP contribution in [0.5, 0.6) is 5.75 Å². The highest BCUT2D eigenvalue weighted by Gasteiger charge is 2.19. The van der Waals surface area contributed by atoms with E-state index in [-0.39, 0.29) is 5.41 Å². The van der Waals surface area contributed by atoms with Crippen molar-refractivity contribution in [1.82, 2.24) is 5.32 Å². The number of likely N-dealkylation sites (N-methyl/N-ethyl adjacent to an activating group) is 1. The van der Waals surface area contributed by atoms with Crippen LogP contribution < -0.4 is 5.32 Å². The number of benzene rings is 1. The third-order valence-electron chi connectivity index (χ3n) is 2.25. The van der Waals surface area contributed by atoms with Crippen molar-refractivity contribution in [1.29, 1.82) is 0 Å². The van der Waals surface area contributed by atoms with E-state index in [1.807, 2.05) is 25.2 Å². The van der Waals surface area contributed by atoms with Gasteiger partial charge >= 0.3 is 0 Å². The molecule has 0 aliphatic rings. The summed E-state index contributed by atoms with van der Waals surface area (Å²) < 4.78 is 0. The number of hydrogen-bond donors (Lipinski definition) is 2. The van der Waals surface area contributed by atoms with Crippen LogP contribution in [-0.2, 0) is 5.41 Å². The number of hydrogen-bond acceptors (Lipinski definition) is 2. The molecule has 2 heteroatoms. The zero-order valence-corrected chi connectivity index (χ0v) is 8.46. The maximum Gasteiger partial charge on any atom is 0.115 e. The van der Waals surface area contributed by atoms with Crippen LogP contribution in [0, 0.1) is 0 Å². The molecule has 0 heterocycles. The van der Waals surface area contributed by atoms with Crippen molar-refractivity contribution in [3.8, 4) is 5.75 Å². The van der Waals surface area contributed by atoms with Crippen molar-refractivity contribution in [2.45, 2.75) is 19.3 Å². The Morgan fingerprint density at radius 3 is 2.62 bits per heavy atom. The summed E-state index contributed by atoms with van der Waals surface area (Å²) >= 11 is 0. The SMILES string of the molecule is CNCC(C)(C)c1cccc(O)c1. The zero-order valence-electron chi connectivity index (χ0n) is 8.46. The highest BCUT2D eigenvalue weighted by atomic mass is 16.3. The maximum atomic E-state index is 9.32. The molecule has 0 saturated carbocycles. The first-order chi connectivity index (χ1) is 6.06. The van der Waals surface area contributed by atoms with Gasteiger partial charge in [-0.3, -0.25) is 0 Å². The Balaban J connectivity index is 2.93. The van der Waals surface area contributed by atoms with E-state index in [1.54, 1.807) is 6.07 Å². The van der Waals surface area contributed by atoms with Crippen molar-refractivity contribution in [2.75, 3.05) is 13.6 Å². The number of nitrogens with one attached hydrogen (secondary N) is 1. The largest absolute Gasteiger partial charge is 0.508 e. The topological polar surface area (TPSA) is 32.3 Å². The summed E-state index contributed by atoms with van der Waals surface area (Å²) in [7, 11) is 1.94. The summed E-state index contributed by atoms with van der Waals surface area (Å²) in [4.78, 5) is 0. The molecule has 1 rings (SSSR count). The summed E-state index contributed by atoms with van der Waals surface area (Å²) in [5, 5.41) is 12.5. The van der Waals surface area contributed by atoms with E-state index in [9.17, 15) is 5.11 Å². The Kier molecular flexibility index (Phi) is 2.94. The molecular formula is C11H17NO. The van der Waals surface area contributed by atoms with Crippen LogP contribution in [0.25, 0.3) is 0 Å². The fourth-order valence-electron chi connectivity index (χ4n) is 1.47. The first kappa shape index (κ1) is 10.1. The molecule has 2 nitrogen and oxygen atoms in total. The standard InChI is InChI=1S/C11H17NO/c1-11(2,8-12-3)9-5-4-6-10(13)7-9/h4-7,12-13H,8H2,1-3H3. The molecule has 0 radical (unpaired) electrons. The molecule has 0 unspecified atom stereocenters. The Hall–Kier alpha value is -1.02. The lowest BCUT2D eigenvalue weighted by atomic mass is 9.84. The lowest BCUT2D eigenvalue weighted by Gasteiger charge is -2.24. The van der Waals surface area contributed by atoms with Gasteiger partial charge in [0.25, 0.3) is 0 Å². The molecule has 0 bridgehead atoms. The van der Waals surface area contributed by atoms with Crippen LogP contribution >= 0.6 is 0 Å². The minimum atomic E-state index is 0.0630. The molecule has 0 aliphatic carbocycles. The minimum Gasteiger partial charge on any atom is -0.508 e. The third kappa shape index (κ3) is 2.46. The van der Waals surface area contributed by atoms with E-state index in [0.29, 0.717) is 5.75 Å². The maximum absolute atomic E-state index is 9.32. The van der Waals surface area contributed by atoms with E-state index in [1.165, 1.54) is 0 Å². The molecule has 13 heavy (non-hydrogen) atoms. The fourth-order valence-corrected chi connectivity index (χ4v) is 1.47. The van der Waals surface area contributed by atoms with Gasteiger partial charge in [-0.25, -0.2) is 0 Å². The van der Waals surface area contributed by atoms with Gasteiger partial charge in [-0.2, -0.15) is 0 Å². The van der Waals surface area contributed by atoms with Crippen molar-refractivity contribution in [3.05, 3.63) is 29.8 Å². The highest BCUT2D eigenvalue weighted by molar-refractivity contribution is 5.32. The van der Waals surface area contributed by atoms with E-state index >= 15 is 0 Å². The van der Waals surface area contributed by atoms with Gasteiger partial charge in [-0.05, 0) is 24.7 Å². The van der Waals surface area contributed by atoms with Crippen LogP contribution in [0.3, 0.4) is 0 Å². The smallest absolute Gasteiger partial charge is 0.115 e. The average Bonchev–Trinajstić information content (AvgIpc) is 2.04. The molecule has 72 valence electrons. The quantitative estimate of drug-likeness (QED) is 0.742. The molecule has 0 aromatic heterocycles. The molecule has 0 aliphatic heterocycles. The van der Waals surface area contributed by atoms with E-state index in [0.717, 1.165) is 12.1 Å². The predicted octanol–water partition coefficient (Wildman–Crippen LogP) is 1.89. The van der Waals surface area contributed by atoms with Crippen LogP contribution in [0.15, 0.2) is 24.3 Å². The Morgan fingerprint density at radius 2 is 2.08 bits per heavy atom. The first-order valence-electron chi connectivity index (χ1n) is 4.50. The van der Waals surface area contributed by atoms with Crippen molar-refractivity contribution >= 4 is 0 Å². The van der Waals surface area contributed by atoms with Crippen molar-refractivity contribution < 1.29 is 5.11 Å². The van der Waals surface area contributed by atoms with Crippen LogP contribution in [0.1, 0.15) is 19.4 Å². The summed E-state index contributed by atoms with van der Waals surface area (Å²) in [6, 6.07) is 7.43. The van der Waals surface area contributed by atoms with Gasteiger partial charge in [0, 0.05) is 12.0 Å². The zero-order chi connectivity index (χ0) is 9.90. The highest BCUT2D eigenvalue weighted by Crippen LogP contribution is 2.24. The van der Waals surface area contributed by atoms with E-state index < -0.39 is 0 Å². The Bertz CT molecular complexity index is 281. The minimum absolute atomic E-state index is 0.0630. The second-order valence-electron chi connectivity index (χ2n) is 3.96. The number of aromatic hydroxyl groups is 1. The van der Waals surface area contributed by atoms with E-state index in [2.05, 4.69) is 19.2 Å². The lowest BCUT2D eigenvalue weighted by molar-refractivity contribution is 0.462. The van der Waals surface area contributed by atoms with Gasteiger partial charge < -0.3 is 10.4 Å². The molecule has 0 atom stereocenters. The monoisotopic (exact) mass is 179 g/mol. The van der Waals surface area contributed by atoms with Gasteiger partial charge in [0.05, 0.1) is 0 Å². The van der Waals surface area contributed by atoms with Crippen molar-refractivity contribution in [3.63, 3.8) is 0 Å². The summed E-state index contributed by atoms with van der Waals surface area (Å²) in [5.74, 6) is 0.335. The number of phenolic OH excluding ortho intramolecular Hbond substituents is 1. The van der Waals surface area contributed by atoms with Gasteiger partial charge in [0.2, 0.25) is 0 Å². The van der Waals surface area contributed by atoms with Gasteiger partial charge in [-0.15, -0.1) is 0 Å². The normalized spacial score (nSPS) is 11.6.